The minimum absolute atomic E-state index is 0.0101. The van der Waals surface area contributed by atoms with Crippen molar-refractivity contribution in [2.24, 2.45) is 0 Å². The molecule has 1 N–H and O–H groups in total. The number of carbonyl (C=O) groups is 1. The van der Waals surface area contributed by atoms with E-state index >= 15 is 0 Å². The maximum atomic E-state index is 12.4. The summed E-state index contributed by atoms with van der Waals surface area (Å²) < 4.78 is 24.8. The molecule has 5 heteroatoms. The monoisotopic (exact) mass is 359 g/mol. The van der Waals surface area contributed by atoms with Gasteiger partial charge in [-0.1, -0.05) is 60.7 Å². The van der Waals surface area contributed by atoms with Crippen molar-refractivity contribution in [3.05, 3.63) is 71.8 Å². The molecule has 2 atom stereocenters. The quantitative estimate of drug-likeness (QED) is 0.786. The number of carbonyl (C=O) groups excluding carboxylic acids is 1. The van der Waals surface area contributed by atoms with Gasteiger partial charge in [-0.2, -0.15) is 0 Å². The van der Waals surface area contributed by atoms with Crippen molar-refractivity contribution in [3.8, 4) is 0 Å². The first-order chi connectivity index (χ1) is 11.9. The molecule has 4 nitrogen and oxygen atoms in total. The summed E-state index contributed by atoms with van der Waals surface area (Å²) in [6.07, 6.45) is 1.20. The molecule has 0 saturated carbocycles. The van der Waals surface area contributed by atoms with Crippen LogP contribution in [-0.4, -0.2) is 25.3 Å². The molecule has 0 aliphatic carbocycles. The Bertz CT molecular complexity index is 773. The number of sulfone groups is 1. The Hall–Kier alpha value is -2.14. The zero-order chi connectivity index (χ0) is 18.3. The molecule has 0 radical (unpaired) electrons. The van der Waals surface area contributed by atoms with Crippen molar-refractivity contribution in [2.45, 2.75) is 38.0 Å². The second-order valence-corrected chi connectivity index (χ2v) is 8.68. The van der Waals surface area contributed by atoms with Gasteiger partial charge in [0, 0.05) is 0 Å². The van der Waals surface area contributed by atoms with E-state index in [0.717, 1.165) is 11.1 Å². The molecule has 2 rings (SSSR count). The molecule has 2 aromatic rings. The van der Waals surface area contributed by atoms with Crippen LogP contribution in [0.15, 0.2) is 60.7 Å². The highest BCUT2D eigenvalue weighted by atomic mass is 32.2. The second-order valence-electron chi connectivity index (χ2n) is 6.24. The van der Waals surface area contributed by atoms with Crippen LogP contribution in [0, 0.1) is 0 Å². The fourth-order valence-corrected chi connectivity index (χ4v) is 3.91. The highest BCUT2D eigenvalue weighted by molar-refractivity contribution is 7.92. The van der Waals surface area contributed by atoms with E-state index < -0.39 is 21.0 Å². The van der Waals surface area contributed by atoms with Gasteiger partial charge in [0.25, 0.3) is 0 Å². The minimum Gasteiger partial charge on any atom is -0.348 e. The van der Waals surface area contributed by atoms with Gasteiger partial charge in [-0.3, -0.25) is 4.79 Å². The summed E-state index contributed by atoms with van der Waals surface area (Å²) in [4.78, 5) is 12.3. The predicted molar refractivity (Wildman–Crippen MR) is 101 cm³/mol. The molecule has 25 heavy (non-hydrogen) atoms. The Morgan fingerprint density at radius 3 is 2.12 bits per heavy atom. The minimum atomic E-state index is -3.47. The van der Waals surface area contributed by atoms with Gasteiger partial charge in [0.15, 0.2) is 9.84 Å². The molecule has 0 aliphatic heterocycles. The Balaban J connectivity index is 1.88. The van der Waals surface area contributed by atoms with Crippen molar-refractivity contribution in [2.75, 3.05) is 5.75 Å². The molecule has 0 spiro atoms. The Kier molecular flexibility index (Phi) is 6.76. The SMILES string of the molecule is C[C@H](NC(=O)[C@H](C)S(=O)(=O)CCCc1ccccc1)c1ccccc1. The molecule has 0 unspecified atom stereocenters. The highest BCUT2D eigenvalue weighted by Gasteiger charge is 2.28. The standard InChI is InChI=1S/C20H25NO3S/c1-16(19-13-7-4-8-14-19)21-20(22)17(2)25(23,24)15-9-12-18-10-5-3-6-11-18/h3-8,10-11,13-14,16-17H,9,12,15H2,1-2H3,(H,21,22)/t16-,17-/m0/s1. The summed E-state index contributed by atoms with van der Waals surface area (Å²) in [5.74, 6) is -0.438. The maximum Gasteiger partial charge on any atom is 0.238 e. The van der Waals surface area contributed by atoms with Gasteiger partial charge in [0.2, 0.25) is 5.91 Å². The third-order valence-electron chi connectivity index (χ3n) is 4.30. The second kappa shape index (κ2) is 8.81. The molecule has 134 valence electrons. The van der Waals surface area contributed by atoms with Gasteiger partial charge in [-0.15, -0.1) is 0 Å². The normalized spacial score (nSPS) is 13.8. The van der Waals surface area contributed by atoms with Crippen molar-refractivity contribution in [3.63, 3.8) is 0 Å². The summed E-state index contributed by atoms with van der Waals surface area (Å²) >= 11 is 0. The number of benzene rings is 2. The Morgan fingerprint density at radius 1 is 0.960 bits per heavy atom. The van der Waals surface area contributed by atoms with Crippen LogP contribution in [0.4, 0.5) is 0 Å². The van der Waals surface area contributed by atoms with Gasteiger partial charge >= 0.3 is 0 Å². The molecule has 0 aromatic heterocycles. The molecule has 1 amide bonds. The lowest BCUT2D eigenvalue weighted by Crippen LogP contribution is -2.40. The zero-order valence-corrected chi connectivity index (χ0v) is 15.5. The first kappa shape index (κ1) is 19.2. The van der Waals surface area contributed by atoms with Crippen LogP contribution >= 0.6 is 0 Å². The van der Waals surface area contributed by atoms with Gasteiger partial charge in [0.05, 0.1) is 11.8 Å². The van der Waals surface area contributed by atoms with Crippen molar-refractivity contribution in [1.29, 1.82) is 0 Å². The fourth-order valence-electron chi connectivity index (χ4n) is 2.62. The van der Waals surface area contributed by atoms with E-state index in [-0.39, 0.29) is 11.8 Å². The smallest absolute Gasteiger partial charge is 0.238 e. The summed E-state index contributed by atoms with van der Waals surface area (Å²) in [6, 6.07) is 19.0. The average Bonchev–Trinajstić information content (AvgIpc) is 2.62. The van der Waals surface area contributed by atoms with Crippen molar-refractivity contribution in [1.82, 2.24) is 5.32 Å². The summed E-state index contributed by atoms with van der Waals surface area (Å²) in [5.41, 5.74) is 2.05. The van der Waals surface area contributed by atoms with Gasteiger partial charge < -0.3 is 5.32 Å². The van der Waals surface area contributed by atoms with E-state index in [0.29, 0.717) is 12.8 Å². The average molecular weight is 359 g/mol. The zero-order valence-electron chi connectivity index (χ0n) is 14.7. The van der Waals surface area contributed by atoms with E-state index in [1.165, 1.54) is 6.92 Å². The third-order valence-corrected chi connectivity index (χ3v) is 6.45. The predicted octanol–water partition coefficient (Wildman–Crippen LogP) is 3.30. The molecular formula is C20H25NO3S. The molecule has 0 bridgehead atoms. The molecule has 0 saturated heterocycles. The van der Waals surface area contributed by atoms with E-state index in [9.17, 15) is 13.2 Å². The fraction of sp³-hybridized carbons (Fsp3) is 0.350. The van der Waals surface area contributed by atoms with Crippen LogP contribution < -0.4 is 5.32 Å². The van der Waals surface area contributed by atoms with Gasteiger partial charge in [-0.25, -0.2) is 8.42 Å². The highest BCUT2D eigenvalue weighted by Crippen LogP contribution is 2.13. The van der Waals surface area contributed by atoms with Crippen LogP contribution in [0.5, 0.6) is 0 Å². The number of aryl methyl sites for hydroxylation is 1. The number of hydrogen-bond acceptors (Lipinski definition) is 3. The topological polar surface area (TPSA) is 63.2 Å². The number of rotatable bonds is 8. The lowest BCUT2D eigenvalue weighted by atomic mass is 10.1. The van der Waals surface area contributed by atoms with Crippen LogP contribution in [0.25, 0.3) is 0 Å². The first-order valence-electron chi connectivity index (χ1n) is 8.51. The molecule has 0 heterocycles. The lowest BCUT2D eigenvalue weighted by molar-refractivity contribution is -0.121. The van der Waals surface area contributed by atoms with E-state index in [4.69, 9.17) is 0 Å². The summed E-state index contributed by atoms with van der Waals surface area (Å²) in [5, 5.41) is 1.75. The van der Waals surface area contributed by atoms with Crippen LogP contribution in [-0.2, 0) is 21.1 Å². The lowest BCUT2D eigenvalue weighted by Gasteiger charge is -2.18. The summed E-state index contributed by atoms with van der Waals surface area (Å²) in [6.45, 7) is 3.31. The Morgan fingerprint density at radius 2 is 1.52 bits per heavy atom. The van der Waals surface area contributed by atoms with Gasteiger partial charge in [-0.05, 0) is 37.8 Å². The molecular weight excluding hydrogens is 334 g/mol. The molecule has 2 aromatic carbocycles. The summed E-state index contributed by atoms with van der Waals surface area (Å²) in [7, 11) is -3.47. The largest absolute Gasteiger partial charge is 0.348 e. The van der Waals surface area contributed by atoms with E-state index in [2.05, 4.69) is 5.32 Å². The third kappa shape index (κ3) is 5.71. The van der Waals surface area contributed by atoms with Crippen LogP contribution in [0.2, 0.25) is 0 Å². The van der Waals surface area contributed by atoms with E-state index in [1.807, 2.05) is 67.6 Å². The van der Waals surface area contributed by atoms with Gasteiger partial charge in [0.1, 0.15) is 5.25 Å². The van der Waals surface area contributed by atoms with Crippen molar-refractivity contribution < 1.29 is 13.2 Å². The number of amides is 1. The Labute approximate surface area is 150 Å². The molecule has 0 aliphatic rings. The van der Waals surface area contributed by atoms with Crippen LogP contribution in [0.3, 0.4) is 0 Å². The first-order valence-corrected chi connectivity index (χ1v) is 10.2. The molecule has 0 fully saturated rings. The van der Waals surface area contributed by atoms with Crippen LogP contribution in [0.1, 0.15) is 37.4 Å². The van der Waals surface area contributed by atoms with Crippen molar-refractivity contribution >= 4 is 15.7 Å². The number of hydrogen-bond donors (Lipinski definition) is 1. The van der Waals surface area contributed by atoms with E-state index in [1.54, 1.807) is 0 Å². The maximum absolute atomic E-state index is 12.4. The number of nitrogens with one attached hydrogen (secondary N) is 1.